The van der Waals surface area contributed by atoms with Gasteiger partial charge >= 0.3 is 0 Å². The Labute approximate surface area is 147 Å². The fraction of sp³-hybridized carbons (Fsp3) is 0.350. The zero-order valence-electron chi connectivity index (χ0n) is 14.0. The molecule has 0 aliphatic carbocycles. The van der Waals surface area contributed by atoms with Crippen molar-refractivity contribution in [2.24, 2.45) is 0 Å². The fourth-order valence-corrected chi connectivity index (χ4v) is 4.45. The van der Waals surface area contributed by atoms with E-state index in [4.69, 9.17) is 11.8 Å². The minimum absolute atomic E-state index is 0.0939. The van der Waals surface area contributed by atoms with Gasteiger partial charge in [-0.25, -0.2) is 4.42 Å². The van der Waals surface area contributed by atoms with Crippen molar-refractivity contribution in [1.82, 2.24) is 4.42 Å². The van der Waals surface area contributed by atoms with Crippen molar-refractivity contribution in [3.8, 4) is 0 Å². The predicted molar refractivity (Wildman–Crippen MR) is 97.8 cm³/mol. The first-order valence-electron chi connectivity index (χ1n) is 8.53. The quantitative estimate of drug-likeness (QED) is 0.767. The second kappa shape index (κ2) is 5.91. The van der Waals surface area contributed by atoms with Crippen LogP contribution in [0.25, 0.3) is 0 Å². The fourth-order valence-electron chi connectivity index (χ4n) is 4.16. The second-order valence-electron chi connectivity index (χ2n) is 6.74. The van der Waals surface area contributed by atoms with Crippen LogP contribution in [0.3, 0.4) is 0 Å². The molecule has 1 amide bonds. The summed E-state index contributed by atoms with van der Waals surface area (Å²) in [4.78, 5) is 15.3. The lowest BCUT2D eigenvalue weighted by molar-refractivity contribution is 0.0965. The maximum atomic E-state index is 13.4. The molecule has 2 aromatic carbocycles. The van der Waals surface area contributed by atoms with Gasteiger partial charge in [-0.1, -0.05) is 37.3 Å². The first kappa shape index (κ1) is 15.7. The lowest BCUT2D eigenvalue weighted by atomic mass is 9.81. The smallest absolute Gasteiger partial charge is 0.259 e. The molecule has 24 heavy (non-hydrogen) atoms. The number of carbonyl (C=O) groups is 1. The normalized spacial score (nSPS) is 23.3. The van der Waals surface area contributed by atoms with E-state index in [1.165, 1.54) is 11.1 Å². The summed E-state index contributed by atoms with van der Waals surface area (Å²) >= 11 is 6.36. The molecule has 4 rings (SSSR count). The number of aryl methyl sites for hydroxylation is 2. The van der Waals surface area contributed by atoms with E-state index in [1.54, 1.807) is 0 Å². The molecule has 2 aromatic rings. The molecule has 0 aromatic heterocycles. The van der Waals surface area contributed by atoms with E-state index in [2.05, 4.69) is 19.1 Å². The van der Waals surface area contributed by atoms with Gasteiger partial charge in [0.15, 0.2) is 0 Å². The molecule has 0 unspecified atom stereocenters. The molecule has 0 saturated carbocycles. The van der Waals surface area contributed by atoms with Crippen molar-refractivity contribution in [3.63, 3.8) is 0 Å². The van der Waals surface area contributed by atoms with Crippen molar-refractivity contribution in [3.05, 3.63) is 64.7 Å². The van der Waals surface area contributed by atoms with Crippen LogP contribution in [0.1, 0.15) is 39.9 Å². The van der Waals surface area contributed by atoms with E-state index in [0.717, 1.165) is 29.8 Å². The monoisotopic (exact) mass is 340 g/mol. The van der Waals surface area contributed by atoms with Crippen LogP contribution in [0.15, 0.2) is 42.5 Å². The van der Waals surface area contributed by atoms with Gasteiger partial charge in [0.25, 0.3) is 5.91 Å². The molecule has 0 bridgehead atoms. The molecule has 2 aliphatic rings. The molecule has 0 spiro atoms. The summed E-state index contributed by atoms with van der Waals surface area (Å²) < 4.78 is 1.82. The number of halogens is 1. The Hall–Kier alpha value is -1.84. The summed E-state index contributed by atoms with van der Waals surface area (Å²) in [5.41, 5.74) is 5.36. The van der Waals surface area contributed by atoms with Gasteiger partial charge in [0, 0.05) is 30.3 Å². The van der Waals surface area contributed by atoms with Crippen molar-refractivity contribution in [2.75, 3.05) is 18.0 Å². The van der Waals surface area contributed by atoms with Gasteiger partial charge in [-0.05, 0) is 53.9 Å². The highest BCUT2D eigenvalue weighted by Gasteiger charge is 2.46. The minimum Gasteiger partial charge on any atom is -0.303 e. The number of fused-ring (bicyclic) bond motifs is 3. The lowest BCUT2D eigenvalue weighted by Gasteiger charge is -2.39. The molecular formula is C20H21ClN2O. The number of hydrogen-bond acceptors (Lipinski definition) is 2. The Bertz CT molecular complexity index is 790. The SMILES string of the molecule is CCc1cc(C)c2c(c1)[C@H]1CN(Cl)C[C@@H]1N(c1ccccc1)C2=O. The molecule has 124 valence electrons. The topological polar surface area (TPSA) is 23.6 Å². The Morgan fingerprint density at radius 3 is 2.62 bits per heavy atom. The third-order valence-corrected chi connectivity index (χ3v) is 5.55. The zero-order valence-corrected chi connectivity index (χ0v) is 14.8. The summed E-state index contributed by atoms with van der Waals surface area (Å²) in [6, 6.07) is 14.4. The molecule has 2 heterocycles. The predicted octanol–water partition coefficient (Wildman–Crippen LogP) is 4.14. The van der Waals surface area contributed by atoms with Crippen molar-refractivity contribution in [1.29, 1.82) is 0 Å². The number of amides is 1. The summed E-state index contributed by atoms with van der Waals surface area (Å²) in [6.07, 6.45) is 0.979. The van der Waals surface area contributed by atoms with Crippen LogP contribution < -0.4 is 4.90 Å². The highest BCUT2D eigenvalue weighted by atomic mass is 35.5. The maximum Gasteiger partial charge on any atom is 0.259 e. The first-order valence-corrected chi connectivity index (χ1v) is 8.86. The Balaban J connectivity index is 1.90. The van der Waals surface area contributed by atoms with Crippen LogP contribution in [0.2, 0.25) is 0 Å². The number of anilines is 1. The van der Waals surface area contributed by atoms with Gasteiger partial charge in [0.1, 0.15) is 0 Å². The first-order chi connectivity index (χ1) is 11.6. The average Bonchev–Trinajstić information content (AvgIpc) is 2.96. The maximum absolute atomic E-state index is 13.4. The third-order valence-electron chi connectivity index (χ3n) is 5.28. The van der Waals surface area contributed by atoms with E-state index in [9.17, 15) is 4.79 Å². The number of rotatable bonds is 2. The van der Waals surface area contributed by atoms with Crippen molar-refractivity contribution < 1.29 is 4.79 Å². The Kier molecular flexibility index (Phi) is 3.86. The summed E-state index contributed by atoms with van der Waals surface area (Å²) in [7, 11) is 0. The van der Waals surface area contributed by atoms with Gasteiger partial charge < -0.3 is 4.90 Å². The van der Waals surface area contributed by atoms with Gasteiger partial charge in [-0.3, -0.25) is 4.79 Å². The summed E-state index contributed by atoms with van der Waals surface area (Å²) in [5, 5.41) is 0. The number of benzene rings is 2. The summed E-state index contributed by atoms with van der Waals surface area (Å²) in [6.45, 7) is 5.68. The number of nitrogens with zero attached hydrogens (tertiary/aromatic N) is 2. The van der Waals surface area contributed by atoms with E-state index in [1.807, 2.05) is 46.6 Å². The molecule has 2 atom stereocenters. The van der Waals surface area contributed by atoms with Crippen LogP contribution in [0.5, 0.6) is 0 Å². The molecule has 4 heteroatoms. The summed E-state index contributed by atoms with van der Waals surface area (Å²) in [5.74, 6) is 0.366. The Morgan fingerprint density at radius 1 is 1.17 bits per heavy atom. The van der Waals surface area contributed by atoms with Crippen molar-refractivity contribution in [2.45, 2.75) is 32.2 Å². The number of para-hydroxylation sites is 1. The molecule has 1 saturated heterocycles. The molecular weight excluding hydrogens is 320 g/mol. The molecule has 1 fully saturated rings. The Morgan fingerprint density at radius 2 is 1.92 bits per heavy atom. The zero-order chi connectivity index (χ0) is 16.8. The van der Waals surface area contributed by atoms with Gasteiger partial charge in [0.05, 0.1) is 6.04 Å². The highest BCUT2D eigenvalue weighted by Crippen LogP contribution is 2.42. The van der Waals surface area contributed by atoms with E-state index in [-0.39, 0.29) is 17.9 Å². The molecule has 3 nitrogen and oxygen atoms in total. The number of hydrogen-bond donors (Lipinski definition) is 0. The van der Waals surface area contributed by atoms with Crippen molar-refractivity contribution >= 4 is 23.4 Å². The van der Waals surface area contributed by atoms with Gasteiger partial charge in [-0.2, -0.15) is 0 Å². The van der Waals surface area contributed by atoms with Crippen LogP contribution in [0, 0.1) is 6.92 Å². The second-order valence-corrected chi connectivity index (χ2v) is 7.22. The van der Waals surface area contributed by atoms with Gasteiger partial charge in [-0.15, -0.1) is 0 Å². The van der Waals surface area contributed by atoms with Gasteiger partial charge in [0.2, 0.25) is 0 Å². The molecule has 2 aliphatic heterocycles. The number of carbonyl (C=O) groups excluding carboxylic acids is 1. The average molecular weight is 341 g/mol. The van der Waals surface area contributed by atoms with Crippen LogP contribution in [-0.4, -0.2) is 29.5 Å². The van der Waals surface area contributed by atoms with Crippen LogP contribution in [0.4, 0.5) is 5.69 Å². The van der Waals surface area contributed by atoms with E-state index >= 15 is 0 Å². The van der Waals surface area contributed by atoms with Crippen LogP contribution in [-0.2, 0) is 6.42 Å². The third kappa shape index (κ3) is 2.35. The highest BCUT2D eigenvalue weighted by molar-refractivity contribution is 6.14. The van der Waals surface area contributed by atoms with E-state index < -0.39 is 0 Å². The molecule has 0 N–H and O–H groups in total. The van der Waals surface area contributed by atoms with Crippen LogP contribution >= 0.6 is 11.8 Å². The lowest BCUT2D eigenvalue weighted by Crippen LogP contribution is -2.48. The van der Waals surface area contributed by atoms with E-state index in [0.29, 0.717) is 6.54 Å². The standard InChI is InChI=1S/C20H21ClN2O/c1-3-14-9-13(2)19-16(10-14)17-11-22(21)12-18(17)23(20(19)24)15-7-5-4-6-8-15/h4-10,17-18H,3,11-12H2,1-2H3/t17-,18+/m1/s1. The minimum atomic E-state index is 0.0939. The molecule has 0 radical (unpaired) electrons. The largest absolute Gasteiger partial charge is 0.303 e.